The first-order valence-corrected chi connectivity index (χ1v) is 10.1. The van der Waals surface area contributed by atoms with E-state index in [4.69, 9.17) is 4.42 Å². The van der Waals surface area contributed by atoms with Crippen LogP contribution in [0.1, 0.15) is 38.8 Å². The average Bonchev–Trinajstić information content (AvgIpc) is 3.09. The lowest BCUT2D eigenvalue weighted by Crippen LogP contribution is -2.22. The molecule has 1 heterocycles. The maximum absolute atomic E-state index is 12.4. The highest BCUT2D eigenvalue weighted by Crippen LogP contribution is 2.29. The van der Waals surface area contributed by atoms with Crippen LogP contribution in [0.3, 0.4) is 0 Å². The quantitative estimate of drug-likeness (QED) is 0.581. The Hall–Kier alpha value is -2.60. The zero-order valence-corrected chi connectivity index (χ0v) is 17.6. The van der Waals surface area contributed by atoms with E-state index in [1.807, 2.05) is 50.2 Å². The highest BCUT2D eigenvalue weighted by Gasteiger charge is 2.19. The van der Waals surface area contributed by atoms with E-state index >= 15 is 0 Å². The van der Waals surface area contributed by atoms with Crippen molar-refractivity contribution in [1.82, 2.24) is 10.2 Å². The van der Waals surface area contributed by atoms with Crippen LogP contribution in [0.2, 0.25) is 0 Å². The van der Waals surface area contributed by atoms with Crippen molar-refractivity contribution in [3.63, 3.8) is 0 Å². The summed E-state index contributed by atoms with van der Waals surface area (Å²) < 4.78 is 5.75. The summed E-state index contributed by atoms with van der Waals surface area (Å²) in [6, 6.07) is 15.8. The lowest BCUT2D eigenvalue weighted by molar-refractivity contribution is -0.115. The van der Waals surface area contributed by atoms with Gasteiger partial charge in [0, 0.05) is 11.3 Å². The molecule has 1 aromatic heterocycles. The third-order valence-electron chi connectivity index (χ3n) is 4.34. The van der Waals surface area contributed by atoms with Crippen LogP contribution in [-0.4, -0.2) is 21.4 Å². The van der Waals surface area contributed by atoms with Gasteiger partial charge in [-0.2, -0.15) is 0 Å². The number of aromatic nitrogens is 2. The predicted molar refractivity (Wildman–Crippen MR) is 114 cm³/mol. The molecule has 0 radical (unpaired) electrons. The third-order valence-corrected chi connectivity index (χ3v) is 5.27. The van der Waals surface area contributed by atoms with Gasteiger partial charge in [0.1, 0.15) is 0 Å². The molecule has 5 nitrogen and oxygen atoms in total. The minimum absolute atomic E-state index is 0.0917. The number of nitrogens with zero attached hydrogens (tertiary/aromatic N) is 2. The summed E-state index contributed by atoms with van der Waals surface area (Å²) in [7, 11) is 0. The summed E-state index contributed by atoms with van der Waals surface area (Å²) in [6.45, 7) is 10.3. The molecule has 28 heavy (non-hydrogen) atoms. The van der Waals surface area contributed by atoms with E-state index < -0.39 is 0 Å². The molecule has 0 bridgehead atoms. The monoisotopic (exact) mass is 395 g/mol. The number of hydrogen-bond acceptors (Lipinski definition) is 5. The van der Waals surface area contributed by atoms with Crippen LogP contribution in [0.4, 0.5) is 5.69 Å². The molecule has 1 N–H and O–H groups in total. The second-order valence-corrected chi connectivity index (χ2v) is 9.11. The highest BCUT2D eigenvalue weighted by atomic mass is 32.2. The SMILES string of the molecule is Cc1cccc(NC(=O)[C@@H](C)Sc2nnc(-c3ccc(C(C)(C)C)cc3)o2)c1. The van der Waals surface area contributed by atoms with Crippen LogP contribution in [0, 0.1) is 6.92 Å². The Labute approximate surface area is 170 Å². The smallest absolute Gasteiger partial charge is 0.277 e. The zero-order valence-electron chi connectivity index (χ0n) is 16.8. The Bertz CT molecular complexity index is 958. The molecule has 0 aliphatic carbocycles. The third kappa shape index (κ3) is 5.01. The number of nitrogens with one attached hydrogen (secondary N) is 1. The number of carbonyl (C=O) groups is 1. The second-order valence-electron chi connectivity index (χ2n) is 7.82. The van der Waals surface area contributed by atoms with Crippen LogP contribution >= 0.6 is 11.8 Å². The fraction of sp³-hybridized carbons (Fsp3) is 0.318. The molecular formula is C22H25N3O2S. The molecule has 3 aromatic rings. The van der Waals surface area contributed by atoms with Gasteiger partial charge in [-0.05, 0) is 54.7 Å². The van der Waals surface area contributed by atoms with Crippen molar-refractivity contribution in [2.24, 2.45) is 0 Å². The Balaban J connectivity index is 1.64. The van der Waals surface area contributed by atoms with Gasteiger partial charge in [0.2, 0.25) is 11.8 Å². The maximum atomic E-state index is 12.4. The second kappa shape index (κ2) is 8.19. The van der Waals surface area contributed by atoms with E-state index in [0.717, 1.165) is 16.8 Å². The first-order valence-electron chi connectivity index (χ1n) is 9.21. The Kier molecular flexibility index (Phi) is 5.89. The fourth-order valence-electron chi connectivity index (χ4n) is 2.66. The molecule has 0 aliphatic heterocycles. The number of rotatable bonds is 5. The lowest BCUT2D eigenvalue weighted by atomic mass is 9.87. The molecule has 1 atom stereocenters. The molecule has 0 fully saturated rings. The molecule has 2 aromatic carbocycles. The number of aryl methyl sites for hydroxylation is 1. The highest BCUT2D eigenvalue weighted by molar-refractivity contribution is 8.00. The summed E-state index contributed by atoms with van der Waals surface area (Å²) in [5.74, 6) is 0.346. The summed E-state index contributed by atoms with van der Waals surface area (Å²) >= 11 is 1.25. The number of carbonyl (C=O) groups excluding carboxylic acids is 1. The van der Waals surface area contributed by atoms with Crippen molar-refractivity contribution >= 4 is 23.4 Å². The van der Waals surface area contributed by atoms with Gasteiger partial charge in [-0.1, -0.05) is 56.8 Å². The first kappa shape index (κ1) is 20.1. The van der Waals surface area contributed by atoms with E-state index in [-0.39, 0.29) is 16.6 Å². The largest absolute Gasteiger partial charge is 0.411 e. The van der Waals surface area contributed by atoms with E-state index in [0.29, 0.717) is 11.1 Å². The van der Waals surface area contributed by atoms with Crippen molar-refractivity contribution in [3.8, 4) is 11.5 Å². The number of hydrogen-bond donors (Lipinski definition) is 1. The van der Waals surface area contributed by atoms with Crippen molar-refractivity contribution in [3.05, 3.63) is 59.7 Å². The van der Waals surface area contributed by atoms with Gasteiger partial charge in [0.05, 0.1) is 5.25 Å². The number of benzene rings is 2. The number of thioether (sulfide) groups is 1. The number of amides is 1. The first-order chi connectivity index (χ1) is 13.2. The minimum Gasteiger partial charge on any atom is -0.411 e. The topological polar surface area (TPSA) is 68.0 Å². The standard InChI is InChI=1S/C22H25N3O2S/c1-14-7-6-8-18(13-14)23-19(26)15(2)28-21-25-24-20(27-21)16-9-11-17(12-10-16)22(3,4)5/h6-13,15H,1-5H3,(H,23,26)/t15-/m1/s1. The Morgan fingerprint density at radius 1 is 1.11 bits per heavy atom. The van der Waals surface area contributed by atoms with Crippen LogP contribution in [0.25, 0.3) is 11.5 Å². The van der Waals surface area contributed by atoms with Crippen molar-refractivity contribution in [2.45, 2.75) is 50.5 Å². The van der Waals surface area contributed by atoms with Gasteiger partial charge < -0.3 is 9.73 Å². The molecule has 1 amide bonds. The van der Waals surface area contributed by atoms with E-state index in [2.05, 4.69) is 48.4 Å². The van der Waals surface area contributed by atoms with Gasteiger partial charge >= 0.3 is 0 Å². The summed E-state index contributed by atoms with van der Waals surface area (Å²) in [4.78, 5) is 12.4. The van der Waals surface area contributed by atoms with E-state index in [1.165, 1.54) is 17.3 Å². The normalized spacial score (nSPS) is 12.6. The molecule has 146 valence electrons. The van der Waals surface area contributed by atoms with Crippen molar-refractivity contribution < 1.29 is 9.21 Å². The molecular weight excluding hydrogens is 370 g/mol. The summed E-state index contributed by atoms with van der Waals surface area (Å²) in [6.07, 6.45) is 0. The molecule has 3 rings (SSSR count). The molecule has 0 saturated carbocycles. The zero-order chi connectivity index (χ0) is 20.3. The molecule has 0 saturated heterocycles. The van der Waals surface area contributed by atoms with E-state index in [9.17, 15) is 4.79 Å². The van der Waals surface area contributed by atoms with Gasteiger partial charge in [-0.15, -0.1) is 10.2 Å². The summed E-state index contributed by atoms with van der Waals surface area (Å²) in [5.41, 5.74) is 4.07. The molecule has 6 heteroatoms. The van der Waals surface area contributed by atoms with Crippen molar-refractivity contribution in [2.75, 3.05) is 5.32 Å². The minimum atomic E-state index is -0.364. The lowest BCUT2D eigenvalue weighted by Gasteiger charge is -2.18. The Morgan fingerprint density at radius 2 is 1.82 bits per heavy atom. The van der Waals surface area contributed by atoms with Crippen molar-refractivity contribution in [1.29, 1.82) is 0 Å². The van der Waals surface area contributed by atoms with Gasteiger partial charge in [-0.25, -0.2) is 0 Å². The molecule has 0 aliphatic rings. The van der Waals surface area contributed by atoms with Crippen LogP contribution in [-0.2, 0) is 10.2 Å². The Morgan fingerprint density at radius 3 is 2.46 bits per heavy atom. The van der Waals surface area contributed by atoms with Crippen LogP contribution in [0.15, 0.2) is 58.2 Å². The summed E-state index contributed by atoms with van der Waals surface area (Å²) in [5, 5.41) is 11.1. The van der Waals surface area contributed by atoms with Crippen LogP contribution < -0.4 is 5.32 Å². The predicted octanol–water partition coefficient (Wildman–Crippen LogP) is 5.46. The maximum Gasteiger partial charge on any atom is 0.277 e. The average molecular weight is 396 g/mol. The molecule has 0 unspecified atom stereocenters. The van der Waals surface area contributed by atoms with Gasteiger partial charge in [-0.3, -0.25) is 4.79 Å². The number of anilines is 1. The van der Waals surface area contributed by atoms with E-state index in [1.54, 1.807) is 0 Å². The molecule has 0 spiro atoms. The van der Waals surface area contributed by atoms with Gasteiger partial charge in [0.15, 0.2) is 0 Å². The van der Waals surface area contributed by atoms with Gasteiger partial charge in [0.25, 0.3) is 5.22 Å². The fourth-order valence-corrected chi connectivity index (χ4v) is 3.34. The van der Waals surface area contributed by atoms with Crippen LogP contribution in [0.5, 0.6) is 0 Å².